The third-order valence-electron chi connectivity index (χ3n) is 13.4. The van der Waals surface area contributed by atoms with Crippen molar-refractivity contribution >= 4 is 116 Å². The van der Waals surface area contributed by atoms with Crippen LogP contribution in [0.1, 0.15) is 108 Å². The number of esters is 1. The van der Waals surface area contributed by atoms with Crippen LogP contribution < -0.4 is 36.0 Å². The number of para-hydroxylation sites is 3. The summed E-state index contributed by atoms with van der Waals surface area (Å²) < 4.78 is 132. The van der Waals surface area contributed by atoms with Crippen LogP contribution in [-0.2, 0) is 75.0 Å². The number of hydrogen-bond donors (Lipinski definition) is 3. The molecule has 0 saturated heterocycles. The Hall–Kier alpha value is -6.77. The first-order valence-electron chi connectivity index (χ1n) is 29.4. The van der Waals surface area contributed by atoms with E-state index < -0.39 is 98.7 Å². The molecule has 2 aliphatic rings. The number of anilines is 2. The molecule has 2 aromatic heterocycles. The lowest BCUT2D eigenvalue weighted by Crippen LogP contribution is -2.47. The number of carboxylic acid groups (broad SMARTS) is 1. The predicted molar refractivity (Wildman–Crippen MR) is 364 cm³/mol. The molecule has 1 saturated carbocycles. The first-order valence-corrected chi connectivity index (χ1v) is 37.3. The number of carbonyl (C=O) groups excluding carboxylic acids is 4. The summed E-state index contributed by atoms with van der Waals surface area (Å²) in [6, 6.07) is 19.3. The average Bonchev–Trinajstić information content (AvgIpc) is 1.74. The van der Waals surface area contributed by atoms with Crippen LogP contribution in [0.3, 0.4) is 0 Å². The molecule has 4 aromatic carbocycles. The van der Waals surface area contributed by atoms with Gasteiger partial charge in [-0.15, -0.1) is 11.6 Å². The molecule has 1 aliphatic carbocycles. The molecule has 3 atom stereocenters. The number of carboxylic acids is 1. The molecule has 23 nitrogen and oxygen atoms in total. The fraction of sp³-hybridized carbons (Fsp3) is 0.429. The second-order valence-electron chi connectivity index (χ2n) is 22.5. The number of carbonyl (C=O) groups is 5. The Balaban J connectivity index is 0.000000326. The van der Waals surface area contributed by atoms with E-state index in [0.29, 0.717) is 63.0 Å². The van der Waals surface area contributed by atoms with E-state index in [-0.39, 0.29) is 63.1 Å². The molecular weight excluding hydrogens is 1460 g/mol. The van der Waals surface area contributed by atoms with Gasteiger partial charge < -0.3 is 48.0 Å². The highest BCUT2D eigenvalue weighted by Crippen LogP contribution is 2.43. The third-order valence-corrected chi connectivity index (χ3v) is 16.0. The van der Waals surface area contributed by atoms with Gasteiger partial charge in [-0.05, 0) is 124 Å². The van der Waals surface area contributed by atoms with Gasteiger partial charge >= 0.3 is 30.0 Å². The molecule has 99 heavy (non-hydrogen) atoms. The summed E-state index contributed by atoms with van der Waals surface area (Å²) in [6.07, 6.45) is 0.304. The number of alkyl halides is 9. The van der Waals surface area contributed by atoms with Crippen molar-refractivity contribution in [3.8, 4) is 11.4 Å². The van der Waals surface area contributed by atoms with Crippen LogP contribution in [0, 0.1) is 6.92 Å². The molecule has 1 fully saturated rings. The second kappa shape index (κ2) is 38.3. The number of benzene rings is 4. The van der Waals surface area contributed by atoms with E-state index in [2.05, 4.69) is 36.9 Å². The lowest BCUT2D eigenvalue weighted by atomic mass is 10.0. The number of nitrogens with one attached hydrogen (secondary N) is 1. The van der Waals surface area contributed by atoms with Crippen LogP contribution in [0.5, 0.6) is 5.75 Å². The number of amides is 2. The Morgan fingerprint density at radius 3 is 2.05 bits per heavy atom. The molecule has 1 aliphatic heterocycles. The maximum Gasteiger partial charge on any atom is 0.431 e. The highest BCUT2D eigenvalue weighted by atomic mass is 35.5. The number of aryl methyl sites for hydroxylation is 2. The van der Waals surface area contributed by atoms with Gasteiger partial charge in [0.1, 0.15) is 31.5 Å². The van der Waals surface area contributed by atoms with Gasteiger partial charge in [-0.1, -0.05) is 77.2 Å². The second-order valence-corrected chi connectivity index (χ2v) is 30.3. The first-order chi connectivity index (χ1) is 45.8. The van der Waals surface area contributed by atoms with Crippen molar-refractivity contribution in [1.29, 1.82) is 0 Å². The van der Waals surface area contributed by atoms with Gasteiger partial charge in [0.2, 0.25) is 5.91 Å². The van der Waals surface area contributed by atoms with E-state index in [0.717, 1.165) is 67.2 Å². The van der Waals surface area contributed by atoms with Gasteiger partial charge in [0.05, 0.1) is 106 Å². The highest BCUT2D eigenvalue weighted by molar-refractivity contribution is 7.94. The molecule has 0 radical (unpaired) electrons. The number of aromatic nitrogens is 3. The van der Waals surface area contributed by atoms with Crippen LogP contribution in [0.25, 0.3) is 5.69 Å². The largest absolute Gasteiger partial charge is 0.778 e. The number of halogens is 10. The summed E-state index contributed by atoms with van der Waals surface area (Å²) in [6.45, 7) is 11.7. The van der Waals surface area contributed by atoms with Gasteiger partial charge in [0.25, 0.3) is 11.5 Å². The van der Waals surface area contributed by atoms with Crippen LogP contribution in [0.4, 0.5) is 37.7 Å². The van der Waals surface area contributed by atoms with Crippen LogP contribution in [-0.4, -0.2) is 149 Å². The quantitative estimate of drug-likeness (QED) is 0.0180. The van der Waals surface area contributed by atoms with Gasteiger partial charge in [0, 0.05) is 38.0 Å². The molecule has 0 bridgehead atoms. The number of nitrogens with zero attached hydrogens (tertiary/aromatic N) is 5. The Labute approximate surface area is 590 Å². The fourth-order valence-electron chi connectivity index (χ4n) is 8.99. The van der Waals surface area contributed by atoms with Gasteiger partial charge in [0.15, 0.2) is 26.2 Å². The molecule has 6 aromatic rings. The molecule has 0 spiro atoms. The minimum atomic E-state index is -4.86. The van der Waals surface area contributed by atoms with Crippen LogP contribution in [0.2, 0.25) is 5.02 Å². The monoisotopic (exact) mass is 1540 g/mol. The number of sulfone groups is 1. The van der Waals surface area contributed by atoms with E-state index in [1.54, 1.807) is 30.8 Å². The minimum absolute atomic E-state index is 0.0104. The number of hydrogen-bond acceptors (Lipinski definition) is 17. The Kier molecular flexibility index (Phi) is 33.5. The SMILES string of the molecule is CC(C)OC(=O)c1cc(-n2c(=O)cc(C(F)(F)F)n(C)c2=O)ccc1Cl.CC1COc2ccccc2N1C(=O)C(Cl)Cl.CCc1cccc(C)c1N(C(=O)CCl)C(C)COC.CS(=O)(=O)c1cc(C(F)(F)F)ccc1C(=O)c1cnoc1C1CC1.C[S+](C)C.O=C(O)CNCP(=O)([O-])O. The zero-order valence-electron chi connectivity index (χ0n) is 55.5. The van der Waals surface area contributed by atoms with E-state index in [9.17, 15) is 77.8 Å². The molecule has 2 amide bonds. The highest BCUT2D eigenvalue weighted by Gasteiger charge is 2.38. The number of rotatable bonds is 18. The summed E-state index contributed by atoms with van der Waals surface area (Å²) in [4.78, 5) is 103. The summed E-state index contributed by atoms with van der Waals surface area (Å²) in [7, 11) is -5.22. The number of methoxy groups -OCH3 is 1. The fourth-order valence-corrected chi connectivity index (χ4v) is 10.8. The van der Waals surface area contributed by atoms with Gasteiger partial charge in [-0.2, -0.15) is 26.3 Å². The van der Waals surface area contributed by atoms with Crippen molar-refractivity contribution in [2.45, 2.75) is 107 Å². The topological polar surface area (TPSA) is 316 Å². The maximum atomic E-state index is 12.9. The minimum Gasteiger partial charge on any atom is -0.778 e. The molecule has 3 unspecified atom stereocenters. The molecule has 8 rings (SSSR count). The summed E-state index contributed by atoms with van der Waals surface area (Å²) >= 11 is 22.9. The smallest absolute Gasteiger partial charge is 0.431 e. The zero-order chi connectivity index (χ0) is 75.4. The lowest BCUT2D eigenvalue weighted by Gasteiger charge is -2.35. The van der Waals surface area contributed by atoms with E-state index in [4.69, 9.17) is 75.1 Å². The number of aliphatic carboxylic acids is 1. The summed E-state index contributed by atoms with van der Waals surface area (Å²) in [5.74, 6) is -2.03. The van der Waals surface area contributed by atoms with Crippen molar-refractivity contribution in [2.24, 2.45) is 7.05 Å². The lowest BCUT2D eigenvalue weighted by molar-refractivity contribution is -0.193. The van der Waals surface area contributed by atoms with Crippen molar-refractivity contribution in [3.05, 3.63) is 162 Å². The Bertz CT molecular complexity index is 4070. The number of ketones is 1. The van der Waals surface area contributed by atoms with Crippen molar-refractivity contribution in [3.63, 3.8) is 0 Å². The third kappa shape index (κ3) is 26.3. The number of fused-ring (bicyclic) bond motifs is 1. The van der Waals surface area contributed by atoms with Gasteiger partial charge in [-0.3, -0.25) is 33.9 Å². The number of ether oxygens (including phenoxy) is 3. The normalized spacial score (nSPS) is 14.3. The Morgan fingerprint density at radius 2 is 1.54 bits per heavy atom. The molecular formula is C63H75Cl4F6N6O17PS2. The van der Waals surface area contributed by atoms with Crippen molar-refractivity contribution < 1.29 is 96.9 Å². The molecule has 546 valence electrons. The maximum absolute atomic E-state index is 12.9. The molecule has 36 heteroatoms. The van der Waals surface area contributed by atoms with Crippen molar-refractivity contribution in [1.82, 2.24) is 19.6 Å². The van der Waals surface area contributed by atoms with E-state index in [1.807, 2.05) is 62.5 Å². The first kappa shape index (κ1) is 86.5. The summed E-state index contributed by atoms with van der Waals surface area (Å²) in [5, 5.41) is 13.5. The Morgan fingerprint density at radius 1 is 0.919 bits per heavy atom. The summed E-state index contributed by atoms with van der Waals surface area (Å²) in [5.41, 5.74) is -1.44. The van der Waals surface area contributed by atoms with E-state index >= 15 is 0 Å². The van der Waals surface area contributed by atoms with E-state index in [1.165, 1.54) is 18.3 Å². The standard InChI is InChI=1S/C16H14ClF3N2O4.C15H22ClNO2.C15H12F3NO4S.C11H11Cl2NO2.C3H8NO5P.C3H9S/c1-8(2)26-14(24)10-6-9(4-5-11(10)17)22-13(23)7-12(16(18,19)20)21(3)15(22)25;1-5-13-8-6-7-11(2)15(13)17(14(18)9-16)12(3)10-19-4;1-24(21,22)12-6-9(15(16,17)18)4-5-10(12)13(20)11-7-19-23-14(11)8-2-3-8;1-7-6-16-9-5-3-2-4-8(9)14(7)11(15)10(12)13;5-3(6)1-4-2-10(7,8)9;1-4(2)3/h4-8H,1-3H3;6-8,12H,5,9-10H2,1-4H3;4-8H,2-3H2,1H3;2-5,7,10H,6H2,1H3;4H,1-2H2,(H,5,6)(H2,7,8,9);1-3H3/q;;;;;+1/p-1. The average molecular weight is 1540 g/mol. The van der Waals surface area contributed by atoms with Crippen LogP contribution in [0.15, 0.2) is 110 Å². The van der Waals surface area contributed by atoms with Gasteiger partial charge in [-0.25, -0.2) is 22.6 Å². The molecule has 3 N–H and O–H groups in total. The predicted octanol–water partition coefficient (Wildman–Crippen LogP) is 10.4. The molecule has 3 heterocycles. The van der Waals surface area contributed by atoms with Crippen molar-refractivity contribution in [2.75, 3.05) is 73.9 Å². The van der Waals surface area contributed by atoms with Crippen LogP contribution >= 0.6 is 54.0 Å². The zero-order valence-corrected chi connectivity index (χ0v) is 61.1.